The highest BCUT2D eigenvalue weighted by molar-refractivity contribution is 4.66. The van der Waals surface area contributed by atoms with Crippen LogP contribution in [0.3, 0.4) is 0 Å². The summed E-state index contributed by atoms with van der Waals surface area (Å²) in [6.07, 6.45) is 2.77. The molecule has 74 valence electrons. The summed E-state index contributed by atoms with van der Waals surface area (Å²) in [5.74, 6) is -1.94. The van der Waals surface area contributed by atoms with Gasteiger partial charge in [0.15, 0.2) is 0 Å². The van der Waals surface area contributed by atoms with Crippen LogP contribution in [0.1, 0.15) is 52.9 Å². The lowest BCUT2D eigenvalue weighted by Gasteiger charge is -2.17. The van der Waals surface area contributed by atoms with Gasteiger partial charge in [-0.05, 0) is 12.3 Å². The maximum absolute atomic E-state index is 12.8. The largest absolute Gasteiger partial charge is 0.247 e. The fourth-order valence-corrected chi connectivity index (χ4v) is 1.29. The van der Waals surface area contributed by atoms with Crippen molar-refractivity contribution in [3.8, 4) is 0 Å². The molecule has 0 radical (unpaired) electrons. The van der Waals surface area contributed by atoms with Gasteiger partial charge in [-0.3, -0.25) is 0 Å². The zero-order valence-corrected chi connectivity index (χ0v) is 8.37. The first-order valence-corrected chi connectivity index (χ1v) is 4.93. The summed E-state index contributed by atoms with van der Waals surface area (Å²) < 4.78 is 25.6. The van der Waals surface area contributed by atoms with E-state index in [1.54, 1.807) is 6.92 Å². The van der Waals surface area contributed by atoms with E-state index in [1.165, 1.54) is 0 Å². The van der Waals surface area contributed by atoms with E-state index >= 15 is 0 Å². The first-order chi connectivity index (χ1) is 5.55. The van der Waals surface area contributed by atoms with Crippen molar-refractivity contribution in [1.82, 2.24) is 0 Å². The molecular weight excluding hydrogens is 158 g/mol. The number of halogens is 2. The van der Waals surface area contributed by atoms with E-state index in [4.69, 9.17) is 0 Å². The third kappa shape index (κ3) is 4.68. The molecule has 0 fully saturated rings. The molecule has 2 heteroatoms. The Bertz CT molecular complexity index is 106. The molecule has 0 saturated heterocycles. The zero-order valence-electron chi connectivity index (χ0n) is 8.37. The zero-order chi connectivity index (χ0) is 9.61. The molecule has 0 aliphatic rings. The predicted molar refractivity (Wildman–Crippen MR) is 48.5 cm³/mol. The Labute approximate surface area is 74.4 Å². The van der Waals surface area contributed by atoms with Crippen LogP contribution in [0.25, 0.3) is 0 Å². The molecule has 0 aromatic carbocycles. The summed E-state index contributed by atoms with van der Waals surface area (Å²) >= 11 is 0. The lowest BCUT2D eigenvalue weighted by molar-refractivity contribution is -0.0172. The van der Waals surface area contributed by atoms with Crippen molar-refractivity contribution >= 4 is 0 Å². The third-order valence-corrected chi connectivity index (χ3v) is 2.59. The van der Waals surface area contributed by atoms with Crippen LogP contribution in [0.5, 0.6) is 0 Å². The van der Waals surface area contributed by atoms with Gasteiger partial charge in [0.1, 0.15) is 0 Å². The highest BCUT2D eigenvalue weighted by Crippen LogP contribution is 2.27. The fourth-order valence-electron chi connectivity index (χ4n) is 1.29. The van der Waals surface area contributed by atoms with E-state index < -0.39 is 5.92 Å². The second kappa shape index (κ2) is 5.50. The fraction of sp³-hybridized carbons (Fsp3) is 1.00. The molecule has 0 amide bonds. The van der Waals surface area contributed by atoms with Crippen molar-refractivity contribution in [3.63, 3.8) is 0 Å². The Morgan fingerprint density at radius 3 is 1.92 bits per heavy atom. The van der Waals surface area contributed by atoms with Crippen LogP contribution in [0, 0.1) is 5.92 Å². The molecule has 0 atom stereocenters. The van der Waals surface area contributed by atoms with Gasteiger partial charge in [-0.1, -0.05) is 33.6 Å². The summed E-state index contributed by atoms with van der Waals surface area (Å²) in [7, 11) is 0. The average Bonchev–Trinajstić information content (AvgIpc) is 2.06. The lowest BCUT2D eigenvalue weighted by atomic mass is 9.95. The SMILES string of the molecule is CCC(CC)CCC(F)(F)CC. The van der Waals surface area contributed by atoms with E-state index in [2.05, 4.69) is 13.8 Å². The molecule has 12 heavy (non-hydrogen) atoms. The number of hydrogen-bond donors (Lipinski definition) is 0. The van der Waals surface area contributed by atoms with Gasteiger partial charge in [-0.15, -0.1) is 0 Å². The topological polar surface area (TPSA) is 0 Å². The Morgan fingerprint density at radius 2 is 1.58 bits per heavy atom. The molecule has 0 aliphatic carbocycles. The van der Waals surface area contributed by atoms with Crippen LogP contribution in [-0.2, 0) is 0 Å². The normalized spacial score (nSPS) is 12.5. The summed E-state index contributed by atoms with van der Waals surface area (Å²) in [4.78, 5) is 0. The second-order valence-corrected chi connectivity index (χ2v) is 3.43. The van der Waals surface area contributed by atoms with Gasteiger partial charge in [-0.2, -0.15) is 0 Å². The first kappa shape index (κ1) is 11.9. The molecule has 0 N–H and O–H groups in total. The number of hydrogen-bond acceptors (Lipinski definition) is 0. The standard InChI is InChI=1S/C10H20F2/c1-4-9(5-2)7-8-10(11,12)6-3/h9H,4-8H2,1-3H3. The second-order valence-electron chi connectivity index (χ2n) is 3.43. The first-order valence-electron chi connectivity index (χ1n) is 4.93. The Balaban J connectivity index is 3.65. The number of alkyl halides is 2. The summed E-state index contributed by atoms with van der Waals surface area (Å²) in [6, 6.07) is 0. The molecule has 0 bridgehead atoms. The maximum atomic E-state index is 12.8. The average molecular weight is 178 g/mol. The van der Waals surface area contributed by atoms with E-state index in [1.807, 2.05) is 0 Å². The van der Waals surface area contributed by atoms with Crippen molar-refractivity contribution in [2.45, 2.75) is 58.8 Å². The van der Waals surface area contributed by atoms with E-state index in [-0.39, 0.29) is 12.8 Å². The maximum Gasteiger partial charge on any atom is 0.247 e. The molecule has 0 rings (SSSR count). The minimum atomic E-state index is -2.43. The van der Waals surface area contributed by atoms with Crippen molar-refractivity contribution < 1.29 is 8.78 Å². The van der Waals surface area contributed by atoms with Crippen molar-refractivity contribution in [1.29, 1.82) is 0 Å². The van der Waals surface area contributed by atoms with Crippen LogP contribution < -0.4 is 0 Å². The molecule has 0 aromatic heterocycles. The van der Waals surface area contributed by atoms with Gasteiger partial charge < -0.3 is 0 Å². The van der Waals surface area contributed by atoms with Crippen molar-refractivity contribution in [2.24, 2.45) is 5.92 Å². The summed E-state index contributed by atoms with van der Waals surface area (Å²) in [5, 5.41) is 0. The lowest BCUT2D eigenvalue weighted by Crippen LogP contribution is -2.15. The quantitative estimate of drug-likeness (QED) is 0.570. The highest BCUT2D eigenvalue weighted by atomic mass is 19.3. The van der Waals surface area contributed by atoms with Gasteiger partial charge in [0, 0.05) is 12.8 Å². The molecule has 0 unspecified atom stereocenters. The minimum Gasteiger partial charge on any atom is -0.207 e. The Morgan fingerprint density at radius 1 is 1.08 bits per heavy atom. The van der Waals surface area contributed by atoms with Gasteiger partial charge in [0.25, 0.3) is 0 Å². The van der Waals surface area contributed by atoms with Crippen LogP contribution in [0.2, 0.25) is 0 Å². The predicted octanol–water partition coefficient (Wildman–Crippen LogP) is 4.25. The summed E-state index contributed by atoms with van der Waals surface area (Å²) in [5.41, 5.74) is 0. The minimum absolute atomic E-state index is 0.0207. The van der Waals surface area contributed by atoms with Crippen LogP contribution in [0.15, 0.2) is 0 Å². The van der Waals surface area contributed by atoms with Gasteiger partial charge in [0.2, 0.25) is 5.92 Å². The highest BCUT2D eigenvalue weighted by Gasteiger charge is 2.26. The summed E-state index contributed by atoms with van der Waals surface area (Å²) in [6.45, 7) is 5.68. The Hall–Kier alpha value is -0.140. The molecule has 0 spiro atoms. The smallest absolute Gasteiger partial charge is 0.207 e. The van der Waals surface area contributed by atoms with Crippen LogP contribution in [-0.4, -0.2) is 5.92 Å². The molecule has 0 aliphatic heterocycles. The number of rotatable bonds is 6. The van der Waals surface area contributed by atoms with Crippen molar-refractivity contribution in [3.05, 3.63) is 0 Å². The van der Waals surface area contributed by atoms with E-state index in [0.717, 1.165) is 12.8 Å². The molecule has 0 saturated carbocycles. The third-order valence-electron chi connectivity index (χ3n) is 2.59. The molecule has 0 aromatic rings. The van der Waals surface area contributed by atoms with Gasteiger partial charge in [0.05, 0.1) is 0 Å². The van der Waals surface area contributed by atoms with Crippen LogP contribution in [0.4, 0.5) is 8.78 Å². The van der Waals surface area contributed by atoms with Crippen molar-refractivity contribution in [2.75, 3.05) is 0 Å². The van der Waals surface area contributed by atoms with Crippen LogP contribution >= 0.6 is 0 Å². The molecular formula is C10H20F2. The van der Waals surface area contributed by atoms with Gasteiger partial charge in [-0.25, -0.2) is 8.78 Å². The monoisotopic (exact) mass is 178 g/mol. The molecule has 0 nitrogen and oxygen atoms in total. The van der Waals surface area contributed by atoms with E-state index in [9.17, 15) is 8.78 Å². The van der Waals surface area contributed by atoms with Gasteiger partial charge >= 0.3 is 0 Å². The van der Waals surface area contributed by atoms with E-state index in [0.29, 0.717) is 12.3 Å². The Kier molecular flexibility index (Phi) is 5.43. The molecule has 0 heterocycles.